The molecular formula is C24H24Cl2N2O5. The summed E-state index contributed by atoms with van der Waals surface area (Å²) < 4.78 is 10.6. The molecule has 4 rings (SSSR count). The molecule has 174 valence electrons. The maximum Gasteiger partial charge on any atom is 0.295 e. The molecule has 2 heterocycles. The Kier molecular flexibility index (Phi) is 7.24. The molecule has 33 heavy (non-hydrogen) atoms. The van der Waals surface area contributed by atoms with E-state index >= 15 is 0 Å². The first-order valence-electron chi connectivity index (χ1n) is 10.6. The molecule has 0 radical (unpaired) electrons. The van der Waals surface area contributed by atoms with Crippen LogP contribution < -0.4 is 4.74 Å². The molecule has 2 aliphatic heterocycles. The van der Waals surface area contributed by atoms with Gasteiger partial charge in [-0.2, -0.15) is 0 Å². The summed E-state index contributed by atoms with van der Waals surface area (Å²) in [7, 11) is 1.49. The normalized spacial score (nSPS) is 20.9. The van der Waals surface area contributed by atoms with Gasteiger partial charge in [-0.1, -0.05) is 35.3 Å². The molecule has 2 aromatic carbocycles. The summed E-state index contributed by atoms with van der Waals surface area (Å²) >= 11 is 12.5. The van der Waals surface area contributed by atoms with Crippen LogP contribution in [0.25, 0.3) is 5.76 Å². The van der Waals surface area contributed by atoms with Gasteiger partial charge in [0.05, 0.1) is 37.0 Å². The highest BCUT2D eigenvalue weighted by Gasteiger charge is 2.46. The fourth-order valence-corrected chi connectivity index (χ4v) is 4.63. The van der Waals surface area contributed by atoms with Crippen LogP contribution in [0.4, 0.5) is 0 Å². The van der Waals surface area contributed by atoms with Gasteiger partial charge in [0, 0.05) is 36.8 Å². The number of ketones is 1. The summed E-state index contributed by atoms with van der Waals surface area (Å²) in [6.07, 6.45) is 0. The van der Waals surface area contributed by atoms with Crippen LogP contribution in [-0.2, 0) is 14.3 Å². The lowest BCUT2D eigenvalue weighted by Gasteiger charge is -2.31. The lowest BCUT2D eigenvalue weighted by Crippen LogP contribution is -2.42. The molecule has 2 saturated heterocycles. The minimum Gasteiger partial charge on any atom is -0.507 e. The van der Waals surface area contributed by atoms with Gasteiger partial charge in [0.2, 0.25) is 0 Å². The van der Waals surface area contributed by atoms with Crippen molar-refractivity contribution in [3.05, 3.63) is 69.2 Å². The Hall–Kier alpha value is -2.58. The summed E-state index contributed by atoms with van der Waals surface area (Å²) in [6, 6.07) is 10.9. The average Bonchev–Trinajstić information content (AvgIpc) is 3.07. The van der Waals surface area contributed by atoms with Crippen molar-refractivity contribution in [1.29, 1.82) is 0 Å². The van der Waals surface area contributed by atoms with Gasteiger partial charge in [0.1, 0.15) is 11.5 Å². The number of aliphatic hydroxyl groups excluding tert-OH is 1. The Morgan fingerprint density at radius 3 is 2.55 bits per heavy atom. The molecule has 0 saturated carbocycles. The number of rotatable bonds is 6. The van der Waals surface area contributed by atoms with Crippen molar-refractivity contribution >= 4 is 40.7 Å². The number of carbonyl (C=O) groups is 2. The number of morpholine rings is 1. The molecule has 2 aromatic rings. The highest BCUT2D eigenvalue weighted by molar-refractivity contribution is 6.46. The zero-order valence-electron chi connectivity index (χ0n) is 18.1. The number of halogens is 2. The highest BCUT2D eigenvalue weighted by atomic mass is 35.5. The third-order valence-corrected chi connectivity index (χ3v) is 6.42. The molecule has 1 atom stereocenters. The lowest BCUT2D eigenvalue weighted by molar-refractivity contribution is -0.140. The molecule has 2 aliphatic rings. The molecule has 1 N–H and O–H groups in total. The molecule has 0 bridgehead atoms. The quantitative estimate of drug-likeness (QED) is 0.377. The van der Waals surface area contributed by atoms with Crippen molar-refractivity contribution in [3.63, 3.8) is 0 Å². The van der Waals surface area contributed by atoms with E-state index in [1.807, 2.05) is 0 Å². The topological polar surface area (TPSA) is 79.3 Å². The Morgan fingerprint density at radius 1 is 1.12 bits per heavy atom. The van der Waals surface area contributed by atoms with Crippen LogP contribution in [0.3, 0.4) is 0 Å². The second-order valence-corrected chi connectivity index (χ2v) is 8.69. The summed E-state index contributed by atoms with van der Waals surface area (Å²) in [4.78, 5) is 29.9. The van der Waals surface area contributed by atoms with Gasteiger partial charge in [-0.25, -0.2) is 0 Å². The minimum atomic E-state index is -0.773. The van der Waals surface area contributed by atoms with Gasteiger partial charge in [-0.15, -0.1) is 0 Å². The predicted octanol–water partition coefficient (Wildman–Crippen LogP) is 3.76. The second-order valence-electron chi connectivity index (χ2n) is 7.85. The fraction of sp³-hybridized carbons (Fsp3) is 0.333. The standard InChI is InChI=1S/C24H24Cl2N2O5/c1-32-19-6-5-16(14-18(19)26)22(29)20-21(15-3-2-4-17(25)13-15)28(24(31)23(20)30)8-7-27-9-11-33-12-10-27/h2-6,13-14,21,29H,7-12H2,1H3/t21-/m0/s1. The molecule has 0 aliphatic carbocycles. The largest absolute Gasteiger partial charge is 0.507 e. The van der Waals surface area contributed by atoms with Crippen LogP contribution in [0.15, 0.2) is 48.0 Å². The van der Waals surface area contributed by atoms with Crippen molar-refractivity contribution in [3.8, 4) is 5.75 Å². The highest BCUT2D eigenvalue weighted by Crippen LogP contribution is 2.40. The number of hydrogen-bond acceptors (Lipinski definition) is 6. The number of methoxy groups -OCH3 is 1. The predicted molar refractivity (Wildman–Crippen MR) is 126 cm³/mol. The molecule has 9 heteroatoms. The molecule has 0 aromatic heterocycles. The van der Waals surface area contributed by atoms with Gasteiger partial charge in [-0.05, 0) is 35.9 Å². The molecule has 0 spiro atoms. The van der Waals surface area contributed by atoms with E-state index in [2.05, 4.69) is 4.90 Å². The minimum absolute atomic E-state index is 0.00507. The van der Waals surface area contributed by atoms with Crippen molar-refractivity contribution in [2.24, 2.45) is 0 Å². The molecule has 2 fully saturated rings. The fourth-order valence-electron chi connectivity index (χ4n) is 4.18. The summed E-state index contributed by atoms with van der Waals surface area (Å²) in [5, 5.41) is 11.9. The van der Waals surface area contributed by atoms with Gasteiger partial charge >= 0.3 is 0 Å². The van der Waals surface area contributed by atoms with Gasteiger partial charge < -0.3 is 19.5 Å². The van der Waals surface area contributed by atoms with Crippen molar-refractivity contribution < 1.29 is 24.2 Å². The monoisotopic (exact) mass is 490 g/mol. The van der Waals surface area contributed by atoms with Crippen LogP contribution >= 0.6 is 23.2 Å². The summed E-state index contributed by atoms with van der Waals surface area (Å²) in [6.45, 7) is 3.69. The Bertz CT molecular complexity index is 1100. The van der Waals surface area contributed by atoms with Gasteiger partial charge in [0.25, 0.3) is 11.7 Å². The number of amides is 1. The third kappa shape index (κ3) is 4.87. The van der Waals surface area contributed by atoms with Crippen molar-refractivity contribution in [2.45, 2.75) is 6.04 Å². The third-order valence-electron chi connectivity index (χ3n) is 5.89. The number of aliphatic hydroxyl groups is 1. The van der Waals surface area contributed by atoms with Gasteiger partial charge in [-0.3, -0.25) is 14.5 Å². The smallest absolute Gasteiger partial charge is 0.295 e. The maximum absolute atomic E-state index is 13.1. The number of Topliss-reactive ketones (excluding diaryl/α,β-unsaturated/α-hetero) is 1. The molecule has 7 nitrogen and oxygen atoms in total. The van der Waals surface area contributed by atoms with E-state index in [0.717, 1.165) is 13.1 Å². The van der Waals surface area contributed by atoms with Crippen molar-refractivity contribution in [2.75, 3.05) is 46.5 Å². The van der Waals surface area contributed by atoms with E-state index in [4.69, 9.17) is 32.7 Å². The first-order valence-corrected chi connectivity index (χ1v) is 11.3. The van der Waals surface area contributed by atoms with E-state index in [9.17, 15) is 14.7 Å². The molecule has 0 unspecified atom stereocenters. The lowest BCUT2D eigenvalue weighted by atomic mass is 9.95. The first kappa shape index (κ1) is 23.6. The van der Waals surface area contributed by atoms with Gasteiger partial charge in [0.15, 0.2) is 0 Å². The molecular weight excluding hydrogens is 467 g/mol. The number of carbonyl (C=O) groups excluding carboxylic acids is 2. The van der Waals surface area contributed by atoms with Crippen LogP contribution in [-0.4, -0.2) is 73.1 Å². The number of hydrogen-bond donors (Lipinski definition) is 1. The zero-order chi connectivity index (χ0) is 23.5. The number of benzene rings is 2. The van der Waals surface area contributed by atoms with E-state index in [-0.39, 0.29) is 16.4 Å². The average molecular weight is 491 g/mol. The van der Waals surface area contributed by atoms with E-state index < -0.39 is 17.7 Å². The summed E-state index contributed by atoms with van der Waals surface area (Å²) in [5.74, 6) is -1.26. The number of nitrogens with zero attached hydrogens (tertiary/aromatic N) is 2. The second kappa shape index (κ2) is 10.1. The summed E-state index contributed by atoms with van der Waals surface area (Å²) in [5.41, 5.74) is 0.967. The SMILES string of the molecule is COc1ccc(C(O)=C2C(=O)C(=O)N(CCN3CCOCC3)[C@H]2c2cccc(Cl)c2)cc1Cl. The zero-order valence-corrected chi connectivity index (χ0v) is 19.6. The van der Waals surface area contributed by atoms with Crippen LogP contribution in [0.5, 0.6) is 5.75 Å². The maximum atomic E-state index is 13.1. The van der Waals surface area contributed by atoms with Crippen LogP contribution in [0.1, 0.15) is 17.2 Å². The number of ether oxygens (including phenoxy) is 2. The van der Waals surface area contributed by atoms with Crippen molar-refractivity contribution in [1.82, 2.24) is 9.80 Å². The molecule has 1 amide bonds. The Labute approximate surface area is 202 Å². The van der Waals surface area contributed by atoms with E-state index in [1.165, 1.54) is 18.1 Å². The van der Waals surface area contributed by atoms with Crippen LogP contribution in [0.2, 0.25) is 10.0 Å². The first-order chi connectivity index (χ1) is 15.9. The van der Waals surface area contributed by atoms with Crippen LogP contribution in [0, 0.1) is 0 Å². The number of likely N-dealkylation sites (tertiary alicyclic amines) is 1. The van der Waals surface area contributed by atoms with E-state index in [1.54, 1.807) is 36.4 Å². The Balaban J connectivity index is 1.75. The van der Waals surface area contributed by atoms with E-state index in [0.29, 0.717) is 48.2 Å². The Morgan fingerprint density at radius 2 is 1.88 bits per heavy atom.